The molecule has 1 saturated heterocycles. The van der Waals surface area contributed by atoms with Gasteiger partial charge in [-0.15, -0.1) is 11.8 Å². The van der Waals surface area contributed by atoms with Crippen LogP contribution in [-0.2, 0) is 11.3 Å². The van der Waals surface area contributed by atoms with Gasteiger partial charge in [-0.05, 0) is 39.3 Å². The molecule has 1 aliphatic heterocycles. The van der Waals surface area contributed by atoms with E-state index in [1.807, 2.05) is 31.2 Å². The molecule has 0 radical (unpaired) electrons. The van der Waals surface area contributed by atoms with E-state index in [1.54, 1.807) is 10.6 Å². The number of para-hydroxylation sites is 1. The van der Waals surface area contributed by atoms with Crippen molar-refractivity contribution in [3.63, 3.8) is 0 Å². The second-order valence-corrected chi connectivity index (χ2v) is 8.14. The number of hydrogen-bond donors (Lipinski definition) is 1. The van der Waals surface area contributed by atoms with E-state index in [-0.39, 0.29) is 11.5 Å². The Kier molecular flexibility index (Phi) is 6.96. The Morgan fingerprint density at radius 2 is 2.11 bits per heavy atom. The Hall–Kier alpha value is -1.79. The van der Waals surface area contributed by atoms with Crippen molar-refractivity contribution in [3.05, 3.63) is 40.7 Å². The third kappa shape index (κ3) is 4.93. The zero-order valence-corrected chi connectivity index (χ0v) is 17.1. The second kappa shape index (κ2) is 9.42. The molecular weight excluding hydrogens is 358 g/mol. The summed E-state index contributed by atoms with van der Waals surface area (Å²) in [4.78, 5) is 27.9. The van der Waals surface area contributed by atoms with Crippen LogP contribution in [0.3, 0.4) is 0 Å². The van der Waals surface area contributed by atoms with Crippen molar-refractivity contribution in [1.29, 1.82) is 0 Å². The summed E-state index contributed by atoms with van der Waals surface area (Å²) in [6.07, 6.45) is 3.82. The van der Waals surface area contributed by atoms with E-state index in [0.717, 1.165) is 28.9 Å². The zero-order chi connectivity index (χ0) is 19.2. The monoisotopic (exact) mass is 387 g/mol. The number of carbonyl (C=O) groups excluding carboxylic acids is 1. The molecule has 0 bridgehead atoms. The lowest BCUT2D eigenvalue weighted by Gasteiger charge is -2.33. The van der Waals surface area contributed by atoms with Crippen molar-refractivity contribution >= 4 is 28.6 Å². The standard InChI is InChI=1S/C21H29N3O2S/c1-3-24-18-10-5-4-9-17(18)19(14-21(24)26)27-15-20(25)22-11-13-23-12-7-6-8-16(23)2/h4-5,9-10,14,16H,3,6-8,11-13,15H2,1-2H3,(H,22,25)/t16-/m0/s1. The average Bonchev–Trinajstić information content (AvgIpc) is 2.67. The number of nitrogens with one attached hydrogen (secondary N) is 1. The van der Waals surface area contributed by atoms with Crippen molar-refractivity contribution in [2.24, 2.45) is 0 Å². The maximum absolute atomic E-state index is 12.4. The van der Waals surface area contributed by atoms with Crippen molar-refractivity contribution in [2.75, 3.05) is 25.4 Å². The zero-order valence-electron chi connectivity index (χ0n) is 16.2. The number of hydrogen-bond acceptors (Lipinski definition) is 4. The van der Waals surface area contributed by atoms with Crippen LogP contribution in [-0.4, -0.2) is 46.8 Å². The van der Waals surface area contributed by atoms with E-state index >= 15 is 0 Å². The highest BCUT2D eigenvalue weighted by Crippen LogP contribution is 2.26. The Balaban J connectivity index is 1.57. The topological polar surface area (TPSA) is 54.3 Å². The maximum Gasteiger partial charge on any atom is 0.252 e. The number of aryl methyl sites for hydroxylation is 1. The van der Waals surface area contributed by atoms with Gasteiger partial charge < -0.3 is 9.88 Å². The number of nitrogens with zero attached hydrogens (tertiary/aromatic N) is 2. The molecule has 1 atom stereocenters. The Labute approximate surface area is 165 Å². The smallest absolute Gasteiger partial charge is 0.252 e. The number of carbonyl (C=O) groups is 1. The molecular formula is C21H29N3O2S. The first-order valence-corrected chi connectivity index (χ1v) is 10.8. The van der Waals surface area contributed by atoms with Gasteiger partial charge in [-0.1, -0.05) is 24.6 Å². The van der Waals surface area contributed by atoms with Gasteiger partial charge in [0.25, 0.3) is 5.56 Å². The fraction of sp³-hybridized carbons (Fsp3) is 0.524. The lowest BCUT2D eigenvalue weighted by atomic mass is 10.0. The number of fused-ring (bicyclic) bond motifs is 1. The predicted octanol–water partition coefficient (Wildman–Crippen LogP) is 3.10. The molecule has 1 amide bonds. The number of pyridine rings is 1. The summed E-state index contributed by atoms with van der Waals surface area (Å²) >= 11 is 1.44. The van der Waals surface area contributed by atoms with Crippen LogP contribution in [0.15, 0.2) is 40.0 Å². The first kappa shape index (κ1) is 20.0. The first-order chi connectivity index (χ1) is 13.1. The molecule has 6 heteroatoms. The molecule has 3 rings (SSSR count). The number of likely N-dealkylation sites (tertiary alicyclic amines) is 1. The van der Waals surface area contributed by atoms with Crippen LogP contribution < -0.4 is 10.9 Å². The van der Waals surface area contributed by atoms with Gasteiger partial charge in [-0.3, -0.25) is 14.5 Å². The number of rotatable bonds is 7. The summed E-state index contributed by atoms with van der Waals surface area (Å²) in [5, 5.41) is 4.05. The third-order valence-corrected chi connectivity index (χ3v) is 6.37. The average molecular weight is 388 g/mol. The van der Waals surface area contributed by atoms with Gasteiger partial charge in [-0.2, -0.15) is 0 Å². The summed E-state index contributed by atoms with van der Waals surface area (Å²) in [5.74, 6) is 0.350. The Bertz CT molecular complexity index is 849. The molecule has 2 heterocycles. The molecule has 2 aromatic rings. The van der Waals surface area contributed by atoms with E-state index in [0.29, 0.717) is 24.9 Å². The summed E-state index contributed by atoms with van der Waals surface area (Å²) in [6, 6.07) is 10.1. The van der Waals surface area contributed by atoms with Crippen LogP contribution in [0.1, 0.15) is 33.1 Å². The third-order valence-electron chi connectivity index (χ3n) is 5.32. The molecule has 0 unspecified atom stereocenters. The highest BCUT2D eigenvalue weighted by atomic mass is 32.2. The molecule has 5 nitrogen and oxygen atoms in total. The molecule has 0 spiro atoms. The van der Waals surface area contributed by atoms with Gasteiger partial charge in [0.15, 0.2) is 0 Å². The number of thioether (sulfide) groups is 1. The normalized spacial score (nSPS) is 17.9. The summed E-state index contributed by atoms with van der Waals surface area (Å²) in [7, 11) is 0. The highest BCUT2D eigenvalue weighted by Gasteiger charge is 2.17. The number of aromatic nitrogens is 1. The highest BCUT2D eigenvalue weighted by molar-refractivity contribution is 8.00. The molecule has 1 aromatic heterocycles. The number of amides is 1. The molecule has 146 valence electrons. The second-order valence-electron chi connectivity index (χ2n) is 7.13. The van der Waals surface area contributed by atoms with Gasteiger partial charge in [0, 0.05) is 42.0 Å². The number of piperidine rings is 1. The van der Waals surface area contributed by atoms with Crippen molar-refractivity contribution in [3.8, 4) is 0 Å². The minimum Gasteiger partial charge on any atom is -0.354 e. The predicted molar refractivity (Wildman–Crippen MR) is 113 cm³/mol. The van der Waals surface area contributed by atoms with Gasteiger partial charge in [-0.25, -0.2) is 0 Å². The molecule has 1 fully saturated rings. The maximum atomic E-state index is 12.4. The quantitative estimate of drug-likeness (QED) is 0.742. The van der Waals surface area contributed by atoms with Crippen LogP contribution in [0.25, 0.3) is 10.9 Å². The van der Waals surface area contributed by atoms with Crippen LogP contribution in [0.5, 0.6) is 0 Å². The van der Waals surface area contributed by atoms with Crippen LogP contribution in [0.2, 0.25) is 0 Å². The summed E-state index contributed by atoms with van der Waals surface area (Å²) < 4.78 is 1.76. The van der Waals surface area contributed by atoms with E-state index in [9.17, 15) is 9.59 Å². The largest absolute Gasteiger partial charge is 0.354 e. The van der Waals surface area contributed by atoms with Crippen LogP contribution in [0, 0.1) is 0 Å². The number of benzene rings is 1. The van der Waals surface area contributed by atoms with Gasteiger partial charge in [0.05, 0.1) is 11.3 Å². The lowest BCUT2D eigenvalue weighted by molar-refractivity contribution is -0.118. The fourth-order valence-corrected chi connectivity index (χ4v) is 4.67. The first-order valence-electron chi connectivity index (χ1n) is 9.86. The van der Waals surface area contributed by atoms with Gasteiger partial charge in [0.1, 0.15) is 0 Å². The molecule has 1 aliphatic rings. The SMILES string of the molecule is CCn1c(=O)cc(SCC(=O)NCCN2CCCC[C@@H]2C)c2ccccc21. The molecule has 1 aromatic carbocycles. The van der Waals surface area contributed by atoms with Crippen molar-refractivity contribution in [1.82, 2.24) is 14.8 Å². The summed E-state index contributed by atoms with van der Waals surface area (Å²) in [6.45, 7) is 7.60. The van der Waals surface area contributed by atoms with E-state index < -0.39 is 0 Å². The van der Waals surface area contributed by atoms with Gasteiger partial charge >= 0.3 is 0 Å². The van der Waals surface area contributed by atoms with Gasteiger partial charge in [0.2, 0.25) is 5.91 Å². The molecule has 0 saturated carbocycles. The molecule has 1 N–H and O–H groups in total. The minimum atomic E-state index is -0.0156. The van der Waals surface area contributed by atoms with E-state index in [2.05, 4.69) is 17.1 Å². The Morgan fingerprint density at radius 3 is 2.89 bits per heavy atom. The molecule has 27 heavy (non-hydrogen) atoms. The lowest BCUT2D eigenvalue weighted by Crippen LogP contribution is -2.42. The Morgan fingerprint density at radius 1 is 1.30 bits per heavy atom. The van der Waals surface area contributed by atoms with Crippen molar-refractivity contribution < 1.29 is 4.79 Å². The van der Waals surface area contributed by atoms with Crippen LogP contribution in [0.4, 0.5) is 0 Å². The molecule has 0 aliphatic carbocycles. The minimum absolute atomic E-state index is 0.0156. The summed E-state index contributed by atoms with van der Waals surface area (Å²) in [5.41, 5.74) is 0.910. The fourth-order valence-electron chi connectivity index (χ4n) is 3.77. The van der Waals surface area contributed by atoms with Crippen molar-refractivity contribution in [2.45, 2.75) is 50.6 Å². The van der Waals surface area contributed by atoms with E-state index in [1.165, 1.54) is 31.0 Å². The van der Waals surface area contributed by atoms with Crippen LogP contribution >= 0.6 is 11.8 Å². The van der Waals surface area contributed by atoms with E-state index in [4.69, 9.17) is 0 Å².